The van der Waals surface area contributed by atoms with Gasteiger partial charge in [0.25, 0.3) is 0 Å². The third kappa shape index (κ3) is 8.67. The van der Waals surface area contributed by atoms with E-state index in [4.69, 9.17) is 0 Å². The van der Waals surface area contributed by atoms with Gasteiger partial charge >= 0.3 is 0 Å². The summed E-state index contributed by atoms with van der Waals surface area (Å²) < 4.78 is 0. The van der Waals surface area contributed by atoms with Crippen LogP contribution in [0, 0.1) is 0 Å². The zero-order valence-corrected chi connectivity index (χ0v) is 51.4. The molecule has 6 aromatic carbocycles. The minimum atomic E-state index is -0.0182. The molecule has 0 N–H and O–H groups in total. The molecule has 404 valence electrons. The maximum absolute atomic E-state index is 2.59. The van der Waals surface area contributed by atoms with Gasteiger partial charge in [0.2, 0.25) is 0 Å². The third-order valence-corrected chi connectivity index (χ3v) is 23.6. The molecule has 4 heterocycles. The fourth-order valence-corrected chi connectivity index (χ4v) is 19.8. The van der Waals surface area contributed by atoms with E-state index in [9.17, 15) is 0 Å². The number of benzene rings is 6. The third-order valence-electron chi connectivity index (χ3n) is 18.7. The lowest BCUT2D eigenvalue weighted by molar-refractivity contribution is 0.435. The molecule has 4 aromatic heterocycles. The van der Waals surface area contributed by atoms with Crippen LogP contribution in [0.3, 0.4) is 0 Å². The van der Waals surface area contributed by atoms with Crippen molar-refractivity contribution in [1.82, 2.24) is 0 Å². The monoisotopic (exact) mass is 1120 g/mol. The van der Waals surface area contributed by atoms with E-state index < -0.39 is 0 Å². The number of thiophene rings is 4. The van der Waals surface area contributed by atoms with Crippen molar-refractivity contribution in [2.24, 2.45) is 0 Å². The van der Waals surface area contributed by atoms with Gasteiger partial charge in [-0.05, 0) is 212 Å². The van der Waals surface area contributed by atoms with Crippen LogP contribution < -0.4 is 0 Å². The average Bonchev–Trinajstić information content (AvgIpc) is 4.42. The quantitative estimate of drug-likeness (QED) is 0.0713. The number of rotatable bonds is 20. The maximum atomic E-state index is 2.59. The number of aryl methyl sites for hydroxylation is 1. The van der Waals surface area contributed by atoms with E-state index in [1.54, 1.807) is 11.1 Å². The summed E-state index contributed by atoms with van der Waals surface area (Å²) in [4.78, 5) is 10.8. The maximum Gasteiger partial charge on any atom is 0.0449 e. The molecule has 0 unspecified atom stereocenters. The van der Waals surface area contributed by atoms with Crippen LogP contribution in [0.15, 0.2) is 164 Å². The fraction of sp³-hybridized carbons (Fsp3) is 0.316. The van der Waals surface area contributed by atoms with Gasteiger partial charge in [-0.2, -0.15) is 0 Å². The molecule has 3 aliphatic carbocycles. The minimum Gasteiger partial charge on any atom is -0.134 e. The second-order valence-corrected chi connectivity index (χ2v) is 28.0. The number of fused-ring (bicyclic) bond motifs is 9. The van der Waals surface area contributed by atoms with E-state index in [-0.39, 0.29) is 16.2 Å². The van der Waals surface area contributed by atoms with Gasteiger partial charge < -0.3 is 0 Å². The minimum absolute atomic E-state index is 0.0182. The van der Waals surface area contributed by atoms with Crippen LogP contribution >= 0.6 is 45.3 Å². The van der Waals surface area contributed by atoms with Gasteiger partial charge in [-0.25, -0.2) is 0 Å². The highest BCUT2D eigenvalue weighted by atomic mass is 32.1. The van der Waals surface area contributed by atoms with Crippen LogP contribution in [0.25, 0.3) is 94.7 Å². The van der Waals surface area contributed by atoms with E-state index in [1.807, 2.05) is 45.3 Å². The van der Waals surface area contributed by atoms with Gasteiger partial charge in [-0.1, -0.05) is 184 Å². The van der Waals surface area contributed by atoms with Crippen molar-refractivity contribution < 1.29 is 0 Å². The molecule has 0 amide bonds. The van der Waals surface area contributed by atoms with E-state index in [0.717, 1.165) is 32.1 Å². The van der Waals surface area contributed by atoms with Crippen molar-refractivity contribution in [2.75, 3.05) is 0 Å². The van der Waals surface area contributed by atoms with Gasteiger partial charge in [0.05, 0.1) is 0 Å². The molecule has 0 fully saturated rings. The zero-order valence-electron chi connectivity index (χ0n) is 48.1. The predicted octanol–water partition coefficient (Wildman–Crippen LogP) is 24.5. The number of hydrogen-bond donors (Lipinski definition) is 0. The highest BCUT2D eigenvalue weighted by Gasteiger charge is 2.45. The lowest BCUT2D eigenvalue weighted by Gasteiger charge is -2.32. The van der Waals surface area contributed by atoms with Crippen molar-refractivity contribution >= 4 is 45.3 Å². The van der Waals surface area contributed by atoms with Gasteiger partial charge in [-0.15, -0.1) is 45.3 Å². The second kappa shape index (κ2) is 21.8. The smallest absolute Gasteiger partial charge is 0.0449 e. The average molecular weight is 1120 g/mol. The van der Waals surface area contributed by atoms with Crippen LogP contribution in [-0.2, 0) is 22.7 Å². The molecular formula is C76H76S4. The second-order valence-electron chi connectivity index (χ2n) is 23.6. The largest absolute Gasteiger partial charge is 0.134 e. The summed E-state index contributed by atoms with van der Waals surface area (Å²) >= 11 is 7.80. The molecule has 0 bridgehead atoms. The Morgan fingerprint density at radius 2 is 0.525 bits per heavy atom. The summed E-state index contributed by atoms with van der Waals surface area (Å²) in [5, 5.41) is 0. The molecule has 0 aliphatic heterocycles. The van der Waals surface area contributed by atoms with Crippen molar-refractivity contribution in [2.45, 2.75) is 155 Å². The molecule has 0 spiro atoms. The molecule has 0 saturated heterocycles. The first-order valence-corrected chi connectivity index (χ1v) is 33.7. The lowest BCUT2D eigenvalue weighted by Crippen LogP contribution is -2.25. The standard InChI is InChI=1S/C76H76S4/c1-8-17-49-20-25-55-57-27-22-51(46-63(57)75(40-11-4,41-12-5)61(55)44-49)67-31-35-72(78-67)73-37-33-69(80-73)53-24-29-59-58-28-23-52(47-64(58)76(42-13-6,43-14-7)65(59)48-53)68-32-36-71(79-68)70-34-30-66(77-70)50-21-26-56-54-18-15-16-19-60(54)74(38-9-2,39-10-3)62(56)45-50/h15-16,18-37,44-48H,8-14,17,38-43H2,1-7H3. The molecule has 4 heteroatoms. The zero-order chi connectivity index (χ0) is 54.8. The molecule has 0 nitrogen and oxygen atoms in total. The summed E-state index contributed by atoms with van der Waals surface area (Å²) in [5.41, 5.74) is 24.9. The van der Waals surface area contributed by atoms with Crippen LogP contribution in [0.2, 0.25) is 0 Å². The van der Waals surface area contributed by atoms with Crippen molar-refractivity contribution in [1.29, 1.82) is 0 Å². The van der Waals surface area contributed by atoms with E-state index in [1.165, 1.54) is 180 Å². The Kier molecular flexibility index (Phi) is 14.6. The topological polar surface area (TPSA) is 0 Å². The molecule has 0 saturated carbocycles. The number of hydrogen-bond acceptors (Lipinski definition) is 4. The Morgan fingerprint density at radius 3 is 0.850 bits per heavy atom. The van der Waals surface area contributed by atoms with Crippen molar-refractivity contribution in [3.63, 3.8) is 0 Å². The Balaban J connectivity index is 0.770. The Labute approximate surface area is 493 Å². The van der Waals surface area contributed by atoms with Gasteiger partial charge in [0, 0.05) is 55.3 Å². The molecule has 80 heavy (non-hydrogen) atoms. The normalized spacial score (nSPS) is 14.7. The first-order chi connectivity index (χ1) is 39.2. The Morgan fingerprint density at radius 1 is 0.250 bits per heavy atom. The Bertz CT molecular complexity index is 3900. The summed E-state index contributed by atoms with van der Waals surface area (Å²) in [6.45, 7) is 16.5. The van der Waals surface area contributed by atoms with E-state index >= 15 is 0 Å². The molecule has 3 aliphatic rings. The fourth-order valence-electron chi connectivity index (χ4n) is 15.6. The summed E-state index contributed by atoms with van der Waals surface area (Å²) in [6, 6.07) is 65.3. The molecular weight excluding hydrogens is 1040 g/mol. The van der Waals surface area contributed by atoms with Gasteiger partial charge in [-0.3, -0.25) is 0 Å². The van der Waals surface area contributed by atoms with Gasteiger partial charge in [0.1, 0.15) is 0 Å². The molecule has 10 aromatic rings. The molecule has 13 rings (SSSR count). The lowest BCUT2D eigenvalue weighted by atomic mass is 9.71. The highest BCUT2D eigenvalue weighted by molar-refractivity contribution is 7.25. The molecule has 0 radical (unpaired) electrons. The molecule has 0 atom stereocenters. The highest BCUT2D eigenvalue weighted by Crippen LogP contribution is 2.59. The predicted molar refractivity (Wildman–Crippen MR) is 353 cm³/mol. The first kappa shape index (κ1) is 53.4. The summed E-state index contributed by atoms with van der Waals surface area (Å²) in [6.07, 6.45) is 16.4. The first-order valence-electron chi connectivity index (χ1n) is 30.5. The van der Waals surface area contributed by atoms with Crippen LogP contribution in [0.5, 0.6) is 0 Å². The summed E-state index contributed by atoms with van der Waals surface area (Å²) in [5.74, 6) is 0. The Hall–Kier alpha value is -5.88. The van der Waals surface area contributed by atoms with Crippen LogP contribution in [0.4, 0.5) is 0 Å². The van der Waals surface area contributed by atoms with Crippen molar-refractivity contribution in [3.8, 4) is 94.7 Å². The van der Waals surface area contributed by atoms with Crippen LogP contribution in [0.1, 0.15) is 171 Å². The van der Waals surface area contributed by atoms with Gasteiger partial charge in [0.15, 0.2) is 0 Å². The van der Waals surface area contributed by atoms with E-state index in [2.05, 4.69) is 212 Å². The van der Waals surface area contributed by atoms with Crippen LogP contribution in [-0.4, -0.2) is 0 Å². The van der Waals surface area contributed by atoms with Crippen molar-refractivity contribution in [3.05, 3.63) is 203 Å². The van der Waals surface area contributed by atoms with E-state index in [0.29, 0.717) is 0 Å². The SMILES string of the molecule is CCCc1ccc2c(c1)C(CCC)(CCC)c1cc(-c3ccc(-c4ccc(-c5ccc6c(c5)C(CCC)(CCC)c5cc(-c7ccc(-c8ccc(-c9ccc%10c(c9)C(CCC)(CCC)c9ccccc9-%10)s8)s7)ccc5-6)s4)s3)ccc1-2. The summed E-state index contributed by atoms with van der Waals surface area (Å²) in [7, 11) is 0.